The SMILES string of the molecule is Cc1ccc(-c2c([C@@H]3C(=O)N(Cc4ccccc4)c4ccc(Cl)cc43)cc(-c3ccccc3)c3c4ccccc4n(C)c23)cc1.Cc1ccc(-c2c([C@@H]3C(=O)N(Cc4ccccc4)c4ccc(Cl)cc43)cc(-c3ccccc3)c3c4ccccc4n(C)c23)cc1. The van der Waals surface area contributed by atoms with Crippen LogP contribution >= 0.6 is 23.2 Å². The van der Waals surface area contributed by atoms with E-state index in [1.165, 1.54) is 32.7 Å². The molecule has 6 nitrogen and oxygen atoms in total. The fraction of sp³-hybridized carbons (Fsp3) is 0.0976. The molecule has 2 aliphatic rings. The first kappa shape index (κ1) is 56.3. The van der Waals surface area contributed by atoms with Crippen LogP contribution in [0.15, 0.2) is 267 Å². The third-order valence-corrected chi connectivity index (χ3v) is 18.9. The van der Waals surface area contributed by atoms with Crippen molar-refractivity contribution in [2.45, 2.75) is 38.8 Å². The molecule has 2 aliphatic heterocycles. The van der Waals surface area contributed by atoms with Crippen LogP contribution in [0.4, 0.5) is 11.4 Å². The maximum atomic E-state index is 14.8. The van der Waals surface area contributed by atoms with Crippen molar-refractivity contribution < 1.29 is 9.59 Å². The summed E-state index contributed by atoms with van der Waals surface area (Å²) in [4.78, 5) is 33.5. The molecule has 0 aliphatic carbocycles. The second kappa shape index (κ2) is 23.0. The highest BCUT2D eigenvalue weighted by atomic mass is 35.5. The summed E-state index contributed by atoms with van der Waals surface area (Å²) in [5, 5.41) is 6.02. The van der Waals surface area contributed by atoms with E-state index in [1.807, 2.05) is 94.7 Å². The maximum absolute atomic E-state index is 14.8. The normalized spacial score (nSPS) is 14.4. The number of aryl methyl sites for hydroxylation is 4. The second-order valence-electron chi connectivity index (χ2n) is 23.9. The topological polar surface area (TPSA) is 50.5 Å². The first-order valence-electron chi connectivity index (χ1n) is 30.6. The summed E-state index contributed by atoms with van der Waals surface area (Å²) in [6, 6.07) is 92.3. The van der Waals surface area contributed by atoms with Gasteiger partial charge in [0.25, 0.3) is 0 Å². The molecule has 0 unspecified atom stereocenters. The average molecular weight is 1210 g/mol. The predicted octanol–water partition coefficient (Wildman–Crippen LogP) is 20.6. The largest absolute Gasteiger partial charge is 0.343 e. The number of carbonyl (C=O) groups excluding carboxylic acids is 2. The molecule has 2 amide bonds. The van der Waals surface area contributed by atoms with Crippen LogP contribution in [-0.4, -0.2) is 20.9 Å². The van der Waals surface area contributed by atoms with Gasteiger partial charge in [-0.1, -0.05) is 241 Å². The minimum absolute atomic E-state index is 0.0570. The van der Waals surface area contributed by atoms with Gasteiger partial charge in [0.15, 0.2) is 0 Å². The Morgan fingerprint density at radius 2 is 0.700 bits per heavy atom. The average Bonchev–Trinajstić information content (AvgIpc) is 1.55. The molecule has 436 valence electrons. The van der Waals surface area contributed by atoms with E-state index >= 15 is 0 Å². The van der Waals surface area contributed by atoms with Gasteiger partial charge in [0, 0.05) is 79.2 Å². The van der Waals surface area contributed by atoms with Crippen molar-refractivity contribution in [1.29, 1.82) is 0 Å². The molecule has 0 bridgehead atoms. The summed E-state index contributed by atoms with van der Waals surface area (Å²) < 4.78 is 4.60. The Labute approximate surface area is 534 Å². The summed E-state index contributed by atoms with van der Waals surface area (Å²) in [5.41, 5.74) is 23.6. The van der Waals surface area contributed by atoms with Gasteiger partial charge in [0.2, 0.25) is 11.8 Å². The Balaban J connectivity index is 0.000000150. The van der Waals surface area contributed by atoms with Gasteiger partial charge in [-0.2, -0.15) is 0 Å². The molecule has 0 fully saturated rings. The fourth-order valence-electron chi connectivity index (χ4n) is 14.3. The minimum atomic E-state index is -0.524. The number of nitrogens with zero attached hydrogens (tertiary/aromatic N) is 4. The van der Waals surface area contributed by atoms with Crippen LogP contribution in [0.2, 0.25) is 10.0 Å². The molecule has 8 heteroatoms. The maximum Gasteiger partial charge on any atom is 0.239 e. The zero-order valence-electron chi connectivity index (χ0n) is 50.3. The van der Waals surface area contributed by atoms with E-state index in [2.05, 4.69) is 219 Å². The number of benzene rings is 12. The van der Waals surface area contributed by atoms with Crippen molar-refractivity contribution in [3.8, 4) is 44.5 Å². The lowest BCUT2D eigenvalue weighted by molar-refractivity contribution is -0.119. The Bertz CT molecular complexity index is 4790. The Hall–Kier alpha value is -10.2. The summed E-state index contributed by atoms with van der Waals surface area (Å²) >= 11 is 13.3. The molecule has 2 atom stereocenters. The molecule has 0 radical (unpaired) electrons. The number of aromatic nitrogens is 2. The van der Waals surface area contributed by atoms with Gasteiger partial charge in [0.1, 0.15) is 0 Å². The van der Waals surface area contributed by atoms with E-state index in [1.54, 1.807) is 0 Å². The van der Waals surface area contributed by atoms with Crippen LogP contribution in [0.25, 0.3) is 88.1 Å². The van der Waals surface area contributed by atoms with E-state index in [0.717, 1.165) is 111 Å². The van der Waals surface area contributed by atoms with Crippen molar-refractivity contribution in [1.82, 2.24) is 9.13 Å². The highest BCUT2D eigenvalue weighted by molar-refractivity contribution is 6.31. The quantitative estimate of drug-likeness (QED) is 0.137. The van der Waals surface area contributed by atoms with Crippen molar-refractivity contribution in [3.63, 3.8) is 0 Å². The van der Waals surface area contributed by atoms with E-state index < -0.39 is 11.8 Å². The van der Waals surface area contributed by atoms with E-state index in [4.69, 9.17) is 23.2 Å². The monoisotopic (exact) mass is 1200 g/mol. The highest BCUT2D eigenvalue weighted by Gasteiger charge is 2.43. The van der Waals surface area contributed by atoms with Gasteiger partial charge >= 0.3 is 0 Å². The van der Waals surface area contributed by atoms with Crippen LogP contribution in [0, 0.1) is 13.8 Å². The first-order chi connectivity index (χ1) is 44.0. The lowest BCUT2D eigenvalue weighted by atomic mass is 9.82. The molecule has 90 heavy (non-hydrogen) atoms. The number of amides is 2. The number of hydrogen-bond acceptors (Lipinski definition) is 2. The number of halogens is 2. The van der Waals surface area contributed by atoms with Gasteiger partial charge in [-0.3, -0.25) is 9.59 Å². The van der Waals surface area contributed by atoms with Crippen LogP contribution in [-0.2, 0) is 36.8 Å². The molecule has 0 saturated heterocycles. The zero-order chi connectivity index (χ0) is 61.3. The van der Waals surface area contributed by atoms with Gasteiger partial charge < -0.3 is 18.9 Å². The van der Waals surface area contributed by atoms with Crippen molar-refractivity contribution in [2.75, 3.05) is 9.80 Å². The third kappa shape index (κ3) is 9.66. The third-order valence-electron chi connectivity index (χ3n) is 18.5. The smallest absolute Gasteiger partial charge is 0.239 e. The highest BCUT2D eigenvalue weighted by Crippen LogP contribution is 2.53. The molecular weight excluding hydrogens is 1140 g/mol. The number of hydrogen-bond donors (Lipinski definition) is 0. The number of anilines is 2. The molecule has 0 saturated carbocycles. The molecule has 12 aromatic carbocycles. The number of para-hydroxylation sites is 2. The lowest BCUT2D eigenvalue weighted by Gasteiger charge is -2.22. The van der Waals surface area contributed by atoms with Crippen molar-refractivity contribution >= 4 is 90.0 Å². The molecule has 2 aromatic heterocycles. The molecule has 0 spiro atoms. The predicted molar refractivity (Wildman–Crippen MR) is 374 cm³/mol. The molecule has 0 N–H and O–H groups in total. The van der Waals surface area contributed by atoms with Gasteiger partial charge in [-0.25, -0.2) is 0 Å². The fourth-order valence-corrected chi connectivity index (χ4v) is 14.6. The van der Waals surface area contributed by atoms with Crippen LogP contribution in [0.1, 0.15) is 56.3 Å². The van der Waals surface area contributed by atoms with Crippen LogP contribution in [0.3, 0.4) is 0 Å². The Morgan fingerprint density at radius 3 is 1.08 bits per heavy atom. The van der Waals surface area contributed by atoms with Gasteiger partial charge in [-0.05, 0) is 141 Å². The number of carbonyl (C=O) groups is 2. The van der Waals surface area contributed by atoms with E-state index in [9.17, 15) is 9.59 Å². The zero-order valence-corrected chi connectivity index (χ0v) is 51.8. The van der Waals surface area contributed by atoms with Crippen molar-refractivity contribution in [2.24, 2.45) is 14.1 Å². The van der Waals surface area contributed by atoms with Gasteiger partial charge in [-0.15, -0.1) is 0 Å². The van der Waals surface area contributed by atoms with E-state index in [-0.39, 0.29) is 11.8 Å². The lowest BCUT2D eigenvalue weighted by Crippen LogP contribution is -2.28. The summed E-state index contributed by atoms with van der Waals surface area (Å²) in [7, 11) is 4.29. The molecule has 4 heterocycles. The summed E-state index contributed by atoms with van der Waals surface area (Å²) in [6.45, 7) is 5.20. The summed E-state index contributed by atoms with van der Waals surface area (Å²) in [6.07, 6.45) is 0. The second-order valence-corrected chi connectivity index (χ2v) is 24.8. The van der Waals surface area contributed by atoms with Crippen LogP contribution < -0.4 is 9.80 Å². The van der Waals surface area contributed by atoms with E-state index in [0.29, 0.717) is 23.1 Å². The van der Waals surface area contributed by atoms with Gasteiger partial charge in [0.05, 0.1) is 36.0 Å². The molecule has 16 rings (SSSR count). The first-order valence-corrected chi connectivity index (χ1v) is 31.4. The minimum Gasteiger partial charge on any atom is -0.343 e. The van der Waals surface area contributed by atoms with Crippen molar-refractivity contribution in [3.05, 3.63) is 321 Å². The number of rotatable bonds is 10. The number of fused-ring (bicyclic) bond motifs is 8. The summed E-state index contributed by atoms with van der Waals surface area (Å²) in [5.74, 6) is -0.935. The van der Waals surface area contributed by atoms with Crippen LogP contribution in [0.5, 0.6) is 0 Å². The Morgan fingerprint density at radius 1 is 0.356 bits per heavy atom. The molecule has 14 aromatic rings. The Kier molecular flexibility index (Phi) is 14.4. The molecular formula is C82H62Cl2N4O2. The standard InChI is InChI=1S/2C41H31ClN2O/c2*1-26-17-19-29(20-18-26)37-34(39-33-23-30(42)21-22-36(33)44(41(39)45)25-27-11-5-3-6-12-27)24-32(28-13-7-4-8-14-28)38-31-15-9-10-16-35(31)43(2)40(37)38/h2*3-24,39H,25H2,1-2H3/t2*39-/m11/s1.